The minimum absolute atomic E-state index is 0.229. The van der Waals surface area contributed by atoms with Crippen LogP contribution in [0, 0.1) is 6.92 Å². The molecule has 0 aliphatic heterocycles. The number of aromatic nitrogens is 2. The van der Waals surface area contributed by atoms with Crippen LogP contribution >= 0.6 is 11.3 Å². The number of hydrogen-bond acceptors (Lipinski definition) is 4. The summed E-state index contributed by atoms with van der Waals surface area (Å²) in [7, 11) is 0. The van der Waals surface area contributed by atoms with E-state index in [1.54, 1.807) is 37.3 Å². The molecule has 32 heavy (non-hydrogen) atoms. The lowest BCUT2D eigenvalue weighted by atomic mass is 10.2. The normalized spacial score (nSPS) is 11.5. The van der Waals surface area contributed by atoms with Crippen molar-refractivity contribution in [3.8, 4) is 5.69 Å². The van der Waals surface area contributed by atoms with E-state index < -0.39 is 11.7 Å². The SMILES string of the molecule is CC(=O)Nc1cccc(NC(=O)c2cc3c(C)nn(-c4cccc(C(F)(F)F)c4)c3s2)c1. The number of benzene rings is 2. The summed E-state index contributed by atoms with van der Waals surface area (Å²) in [5.74, 6) is -0.603. The molecule has 0 bridgehead atoms. The number of hydrogen-bond donors (Lipinski definition) is 2. The fraction of sp³-hybridized carbons (Fsp3) is 0.136. The summed E-state index contributed by atoms with van der Waals surface area (Å²) >= 11 is 1.13. The topological polar surface area (TPSA) is 76.0 Å². The number of thiophene rings is 1. The summed E-state index contributed by atoms with van der Waals surface area (Å²) in [5.41, 5.74) is 1.12. The molecule has 164 valence electrons. The average Bonchev–Trinajstić information content (AvgIpc) is 3.28. The van der Waals surface area contributed by atoms with E-state index in [1.165, 1.54) is 23.7 Å². The van der Waals surface area contributed by atoms with Crippen LogP contribution in [0.5, 0.6) is 0 Å². The van der Waals surface area contributed by atoms with Gasteiger partial charge in [0.1, 0.15) is 4.83 Å². The number of rotatable bonds is 4. The van der Waals surface area contributed by atoms with Gasteiger partial charge in [0.25, 0.3) is 5.91 Å². The van der Waals surface area contributed by atoms with Crippen molar-refractivity contribution in [2.24, 2.45) is 0 Å². The molecule has 10 heteroatoms. The first-order chi connectivity index (χ1) is 15.1. The van der Waals surface area contributed by atoms with E-state index in [1.807, 2.05) is 0 Å². The van der Waals surface area contributed by atoms with E-state index >= 15 is 0 Å². The number of nitrogens with zero attached hydrogens (tertiary/aromatic N) is 2. The van der Waals surface area contributed by atoms with Crippen LogP contribution < -0.4 is 10.6 Å². The first kappa shape index (κ1) is 21.6. The van der Waals surface area contributed by atoms with E-state index in [4.69, 9.17) is 0 Å². The number of halogens is 3. The Bertz CT molecular complexity index is 1340. The molecule has 6 nitrogen and oxygen atoms in total. The standard InChI is InChI=1S/C22H17F3N4O2S/c1-12-18-11-19(20(31)27-16-7-4-6-15(10-16)26-13(2)30)32-21(18)29(28-12)17-8-3-5-14(9-17)22(23,24)25/h3-11H,1-2H3,(H,26,30)(H,27,31). The molecular formula is C22H17F3N4O2S. The van der Waals surface area contributed by atoms with Crippen molar-refractivity contribution in [3.63, 3.8) is 0 Å². The molecule has 0 spiro atoms. The molecule has 0 radical (unpaired) electrons. The smallest absolute Gasteiger partial charge is 0.326 e. The van der Waals surface area contributed by atoms with Crippen LogP contribution in [0.3, 0.4) is 0 Å². The number of carbonyl (C=O) groups is 2. The van der Waals surface area contributed by atoms with Gasteiger partial charge in [0.15, 0.2) is 0 Å². The molecular weight excluding hydrogens is 441 g/mol. The van der Waals surface area contributed by atoms with Gasteiger partial charge in [-0.1, -0.05) is 12.1 Å². The number of nitrogens with one attached hydrogen (secondary N) is 2. The molecule has 0 unspecified atom stereocenters. The summed E-state index contributed by atoms with van der Waals surface area (Å²) in [6.07, 6.45) is -4.47. The number of aryl methyl sites for hydroxylation is 1. The summed E-state index contributed by atoms with van der Waals surface area (Å²) in [5, 5.41) is 10.5. The van der Waals surface area contributed by atoms with Gasteiger partial charge in [0.2, 0.25) is 5.91 Å². The molecule has 4 rings (SSSR count). The van der Waals surface area contributed by atoms with Gasteiger partial charge < -0.3 is 10.6 Å². The highest BCUT2D eigenvalue weighted by molar-refractivity contribution is 7.20. The Balaban J connectivity index is 1.65. The minimum Gasteiger partial charge on any atom is -0.326 e. The van der Waals surface area contributed by atoms with Crippen molar-refractivity contribution < 1.29 is 22.8 Å². The van der Waals surface area contributed by atoms with Crippen molar-refractivity contribution in [2.75, 3.05) is 10.6 Å². The third-order valence-corrected chi connectivity index (χ3v) is 5.74. The Morgan fingerprint density at radius 2 is 1.69 bits per heavy atom. The molecule has 2 N–H and O–H groups in total. The molecule has 2 aromatic carbocycles. The number of fused-ring (bicyclic) bond motifs is 1. The zero-order valence-electron chi connectivity index (χ0n) is 16.9. The van der Waals surface area contributed by atoms with Gasteiger partial charge in [0, 0.05) is 23.7 Å². The second kappa shape index (κ2) is 8.12. The zero-order chi connectivity index (χ0) is 23.0. The lowest BCUT2D eigenvalue weighted by Crippen LogP contribution is -2.11. The number of alkyl halides is 3. The highest BCUT2D eigenvalue weighted by atomic mass is 32.1. The van der Waals surface area contributed by atoms with Gasteiger partial charge >= 0.3 is 6.18 Å². The summed E-state index contributed by atoms with van der Waals surface area (Å²) < 4.78 is 40.8. The predicted octanol–water partition coefficient (Wildman–Crippen LogP) is 5.62. The molecule has 4 aromatic rings. The first-order valence-electron chi connectivity index (χ1n) is 9.47. The van der Waals surface area contributed by atoms with Gasteiger partial charge in [-0.05, 0) is 49.4 Å². The van der Waals surface area contributed by atoms with Gasteiger partial charge in [-0.15, -0.1) is 11.3 Å². The Hall–Kier alpha value is -3.66. The van der Waals surface area contributed by atoms with Crippen LogP contribution in [-0.2, 0) is 11.0 Å². The van der Waals surface area contributed by atoms with Crippen LogP contribution in [0.15, 0.2) is 54.6 Å². The summed E-state index contributed by atoms with van der Waals surface area (Å²) in [6.45, 7) is 3.12. The largest absolute Gasteiger partial charge is 0.416 e. The van der Waals surface area contributed by atoms with E-state index in [2.05, 4.69) is 15.7 Å². The molecule has 0 aliphatic carbocycles. The maximum atomic E-state index is 13.1. The average molecular weight is 458 g/mol. The first-order valence-corrected chi connectivity index (χ1v) is 10.3. The van der Waals surface area contributed by atoms with E-state index in [9.17, 15) is 22.8 Å². The van der Waals surface area contributed by atoms with Crippen molar-refractivity contribution in [2.45, 2.75) is 20.0 Å². The lowest BCUT2D eigenvalue weighted by molar-refractivity contribution is -0.137. The molecule has 0 saturated carbocycles. The van der Waals surface area contributed by atoms with E-state index in [-0.39, 0.29) is 17.5 Å². The second-order valence-corrected chi connectivity index (χ2v) is 8.12. The van der Waals surface area contributed by atoms with Gasteiger partial charge in [-0.2, -0.15) is 18.3 Å². The maximum absolute atomic E-state index is 13.1. The Labute approximate surface area is 184 Å². The van der Waals surface area contributed by atoms with Crippen molar-refractivity contribution in [3.05, 3.63) is 70.7 Å². The van der Waals surface area contributed by atoms with Crippen LogP contribution in [0.2, 0.25) is 0 Å². The molecule has 0 fully saturated rings. The fourth-order valence-electron chi connectivity index (χ4n) is 3.22. The van der Waals surface area contributed by atoms with Crippen LogP contribution in [-0.4, -0.2) is 21.6 Å². The molecule has 0 saturated heterocycles. The van der Waals surface area contributed by atoms with Crippen LogP contribution in [0.4, 0.5) is 24.5 Å². The number of carbonyl (C=O) groups excluding carboxylic acids is 2. The summed E-state index contributed by atoms with van der Waals surface area (Å²) in [6, 6.07) is 13.3. The van der Waals surface area contributed by atoms with Gasteiger partial charge in [-0.25, -0.2) is 4.68 Å². The Kier molecular flexibility index (Phi) is 5.47. The quantitative estimate of drug-likeness (QED) is 0.417. The lowest BCUT2D eigenvalue weighted by Gasteiger charge is -2.09. The second-order valence-electron chi connectivity index (χ2n) is 7.09. The molecule has 0 atom stereocenters. The monoisotopic (exact) mass is 458 g/mol. The molecule has 0 aliphatic rings. The predicted molar refractivity (Wildman–Crippen MR) is 117 cm³/mol. The van der Waals surface area contributed by atoms with Gasteiger partial charge in [-0.3, -0.25) is 9.59 Å². The molecule has 2 aromatic heterocycles. The van der Waals surface area contributed by atoms with E-state index in [0.29, 0.717) is 32.2 Å². The molecule has 2 heterocycles. The van der Waals surface area contributed by atoms with Crippen LogP contribution in [0.25, 0.3) is 15.9 Å². The van der Waals surface area contributed by atoms with Crippen molar-refractivity contribution >= 4 is 44.7 Å². The third-order valence-electron chi connectivity index (χ3n) is 4.63. The third kappa shape index (κ3) is 4.35. The number of anilines is 2. The van der Waals surface area contributed by atoms with Crippen LogP contribution in [0.1, 0.15) is 27.9 Å². The van der Waals surface area contributed by atoms with Crippen molar-refractivity contribution in [1.82, 2.24) is 9.78 Å². The summed E-state index contributed by atoms with van der Waals surface area (Å²) in [4.78, 5) is 25.0. The minimum atomic E-state index is -4.47. The van der Waals surface area contributed by atoms with Crippen molar-refractivity contribution in [1.29, 1.82) is 0 Å². The zero-order valence-corrected chi connectivity index (χ0v) is 17.8. The highest BCUT2D eigenvalue weighted by Crippen LogP contribution is 2.34. The maximum Gasteiger partial charge on any atom is 0.416 e. The molecule has 2 amide bonds. The Morgan fingerprint density at radius 3 is 2.38 bits per heavy atom. The Morgan fingerprint density at radius 1 is 1.00 bits per heavy atom. The highest BCUT2D eigenvalue weighted by Gasteiger charge is 2.31. The number of amides is 2. The van der Waals surface area contributed by atoms with E-state index in [0.717, 1.165) is 23.5 Å². The van der Waals surface area contributed by atoms with Gasteiger partial charge in [0.05, 0.1) is 21.8 Å². The fourth-order valence-corrected chi connectivity index (χ4v) is 4.30.